The Hall–Kier alpha value is -1.30. The molecule has 0 aliphatic carbocycles. The van der Waals surface area contributed by atoms with E-state index in [4.69, 9.17) is 16.3 Å². The quantitative estimate of drug-likeness (QED) is 0.748. The Morgan fingerprint density at radius 3 is 2.82 bits per heavy atom. The minimum Gasteiger partial charge on any atom is -0.482 e. The molecule has 2 N–H and O–H groups in total. The van der Waals surface area contributed by atoms with Crippen LogP contribution in [0.3, 0.4) is 0 Å². The van der Waals surface area contributed by atoms with E-state index in [1.807, 2.05) is 12.1 Å². The zero-order valence-corrected chi connectivity index (χ0v) is 13.4. The lowest BCUT2D eigenvalue weighted by Crippen LogP contribution is -2.38. The first-order valence-corrected chi connectivity index (χ1v) is 8.07. The van der Waals surface area contributed by atoms with Gasteiger partial charge in [0.2, 0.25) is 0 Å². The molecule has 2 rings (SSSR count). The van der Waals surface area contributed by atoms with Crippen molar-refractivity contribution in [2.45, 2.75) is 25.4 Å². The molecule has 0 radical (unpaired) electrons. The number of carbonyl (C=O) groups is 1. The number of carbonyl (C=O) groups excluding carboxylic acids is 1. The second kappa shape index (κ2) is 8.98. The first-order chi connectivity index (χ1) is 10.6. The van der Waals surface area contributed by atoms with Crippen molar-refractivity contribution in [1.82, 2.24) is 10.2 Å². The topological polar surface area (TPSA) is 61.8 Å². The molecule has 0 spiro atoms. The summed E-state index contributed by atoms with van der Waals surface area (Å²) in [6.07, 6.45) is 2.45. The van der Waals surface area contributed by atoms with Crippen molar-refractivity contribution in [3.05, 3.63) is 29.3 Å². The van der Waals surface area contributed by atoms with Gasteiger partial charge in [-0.05, 0) is 37.9 Å². The standard InChI is InChI=1S/C16H23ClN2O3/c17-14-4-1-2-5-15(14)22-12-16(21)18-8-3-9-19-10-6-13(20)7-11-19/h1-2,4-5,13,20H,3,6-12H2,(H,18,21). The number of halogens is 1. The summed E-state index contributed by atoms with van der Waals surface area (Å²) in [4.78, 5) is 14.0. The number of hydrogen-bond acceptors (Lipinski definition) is 4. The van der Waals surface area contributed by atoms with Crippen molar-refractivity contribution < 1.29 is 14.6 Å². The zero-order chi connectivity index (χ0) is 15.8. The lowest BCUT2D eigenvalue weighted by atomic mass is 10.1. The summed E-state index contributed by atoms with van der Waals surface area (Å²) in [5.41, 5.74) is 0. The lowest BCUT2D eigenvalue weighted by Gasteiger charge is -2.29. The van der Waals surface area contributed by atoms with Crippen LogP contribution >= 0.6 is 11.6 Å². The summed E-state index contributed by atoms with van der Waals surface area (Å²) in [6.45, 7) is 3.41. The van der Waals surface area contributed by atoms with Gasteiger partial charge in [-0.3, -0.25) is 4.79 Å². The van der Waals surface area contributed by atoms with Crippen molar-refractivity contribution in [3.63, 3.8) is 0 Å². The minimum atomic E-state index is -0.144. The smallest absolute Gasteiger partial charge is 0.257 e. The van der Waals surface area contributed by atoms with Crippen LogP contribution in [-0.2, 0) is 4.79 Å². The SMILES string of the molecule is O=C(COc1ccccc1Cl)NCCCN1CCC(O)CC1. The van der Waals surface area contributed by atoms with E-state index in [2.05, 4.69) is 10.2 Å². The molecular formula is C16H23ClN2O3. The van der Waals surface area contributed by atoms with Crippen molar-refractivity contribution in [1.29, 1.82) is 0 Å². The average Bonchev–Trinajstić information content (AvgIpc) is 2.52. The van der Waals surface area contributed by atoms with Crippen LogP contribution < -0.4 is 10.1 Å². The third-order valence-electron chi connectivity index (χ3n) is 3.73. The molecule has 1 amide bonds. The molecule has 0 unspecified atom stereocenters. The highest BCUT2D eigenvalue weighted by Gasteiger charge is 2.16. The van der Waals surface area contributed by atoms with E-state index in [0.717, 1.165) is 38.9 Å². The third kappa shape index (κ3) is 5.83. The van der Waals surface area contributed by atoms with Crippen LogP contribution in [-0.4, -0.2) is 54.8 Å². The number of nitrogens with zero attached hydrogens (tertiary/aromatic N) is 1. The summed E-state index contributed by atoms with van der Waals surface area (Å²) in [5, 5.41) is 12.8. The second-order valence-corrected chi connectivity index (χ2v) is 5.90. The first kappa shape index (κ1) is 17.1. The number of rotatable bonds is 7. The minimum absolute atomic E-state index is 0.0281. The number of hydrogen-bond donors (Lipinski definition) is 2. The van der Waals surface area contributed by atoms with E-state index >= 15 is 0 Å². The molecular weight excluding hydrogens is 304 g/mol. The molecule has 22 heavy (non-hydrogen) atoms. The molecule has 6 heteroatoms. The fraction of sp³-hybridized carbons (Fsp3) is 0.562. The number of amides is 1. The van der Waals surface area contributed by atoms with E-state index in [0.29, 0.717) is 17.3 Å². The number of ether oxygens (including phenoxy) is 1. The fourth-order valence-electron chi connectivity index (χ4n) is 2.43. The Morgan fingerprint density at radius 2 is 2.09 bits per heavy atom. The number of aliphatic hydroxyl groups excluding tert-OH is 1. The largest absolute Gasteiger partial charge is 0.482 e. The Labute approximate surface area is 136 Å². The molecule has 1 aromatic carbocycles. The molecule has 0 bridgehead atoms. The number of benzene rings is 1. The molecule has 0 saturated carbocycles. The van der Waals surface area contributed by atoms with Gasteiger partial charge in [0, 0.05) is 19.6 Å². The van der Waals surface area contributed by atoms with Gasteiger partial charge < -0.3 is 20.1 Å². The summed E-state index contributed by atoms with van der Waals surface area (Å²) in [7, 11) is 0. The summed E-state index contributed by atoms with van der Waals surface area (Å²) >= 11 is 5.95. The number of likely N-dealkylation sites (tertiary alicyclic amines) is 1. The van der Waals surface area contributed by atoms with Gasteiger partial charge in [0.1, 0.15) is 5.75 Å². The summed E-state index contributed by atoms with van der Waals surface area (Å²) in [6, 6.07) is 7.09. The Morgan fingerprint density at radius 1 is 1.36 bits per heavy atom. The second-order valence-electron chi connectivity index (χ2n) is 5.50. The maximum Gasteiger partial charge on any atom is 0.257 e. The molecule has 1 aliphatic heterocycles. The van der Waals surface area contributed by atoms with Gasteiger partial charge in [-0.25, -0.2) is 0 Å². The molecule has 1 heterocycles. The van der Waals surface area contributed by atoms with Gasteiger partial charge in [-0.1, -0.05) is 23.7 Å². The molecule has 1 aliphatic rings. The van der Waals surface area contributed by atoms with Crippen LogP contribution in [0.25, 0.3) is 0 Å². The first-order valence-electron chi connectivity index (χ1n) is 7.69. The van der Waals surface area contributed by atoms with E-state index in [-0.39, 0.29) is 18.6 Å². The molecule has 1 fully saturated rings. The van der Waals surface area contributed by atoms with Gasteiger partial charge in [-0.15, -0.1) is 0 Å². The van der Waals surface area contributed by atoms with Crippen LogP contribution in [0.2, 0.25) is 5.02 Å². The molecule has 1 saturated heterocycles. The predicted molar refractivity (Wildman–Crippen MR) is 86.3 cm³/mol. The van der Waals surface area contributed by atoms with Gasteiger partial charge in [0.25, 0.3) is 5.91 Å². The molecule has 0 aromatic heterocycles. The fourth-order valence-corrected chi connectivity index (χ4v) is 2.62. The van der Waals surface area contributed by atoms with Crippen LogP contribution in [0.15, 0.2) is 24.3 Å². The van der Waals surface area contributed by atoms with Crippen LogP contribution in [0.1, 0.15) is 19.3 Å². The van der Waals surface area contributed by atoms with Crippen LogP contribution in [0.5, 0.6) is 5.75 Å². The lowest BCUT2D eigenvalue weighted by molar-refractivity contribution is -0.123. The van der Waals surface area contributed by atoms with Crippen molar-refractivity contribution in [3.8, 4) is 5.75 Å². The van der Waals surface area contributed by atoms with E-state index < -0.39 is 0 Å². The van der Waals surface area contributed by atoms with E-state index in [1.54, 1.807) is 12.1 Å². The predicted octanol–water partition coefficient (Wildman–Crippen LogP) is 1.68. The molecule has 0 atom stereocenters. The van der Waals surface area contributed by atoms with Gasteiger partial charge in [-0.2, -0.15) is 0 Å². The number of para-hydroxylation sites is 1. The third-order valence-corrected chi connectivity index (χ3v) is 4.04. The summed E-state index contributed by atoms with van der Waals surface area (Å²) < 4.78 is 5.38. The number of piperidine rings is 1. The van der Waals surface area contributed by atoms with Crippen LogP contribution in [0.4, 0.5) is 0 Å². The molecule has 1 aromatic rings. The maximum atomic E-state index is 11.7. The summed E-state index contributed by atoms with van der Waals surface area (Å²) in [5.74, 6) is 0.375. The maximum absolute atomic E-state index is 11.7. The van der Waals surface area contributed by atoms with E-state index in [1.165, 1.54) is 0 Å². The van der Waals surface area contributed by atoms with Crippen molar-refractivity contribution >= 4 is 17.5 Å². The number of nitrogens with one attached hydrogen (secondary N) is 1. The van der Waals surface area contributed by atoms with E-state index in [9.17, 15) is 9.90 Å². The monoisotopic (exact) mass is 326 g/mol. The number of aliphatic hydroxyl groups is 1. The highest BCUT2D eigenvalue weighted by molar-refractivity contribution is 6.32. The highest BCUT2D eigenvalue weighted by atomic mass is 35.5. The molecule has 122 valence electrons. The zero-order valence-electron chi connectivity index (χ0n) is 12.6. The van der Waals surface area contributed by atoms with Gasteiger partial charge in [0.05, 0.1) is 11.1 Å². The highest BCUT2D eigenvalue weighted by Crippen LogP contribution is 2.22. The Balaban J connectivity index is 1.55. The van der Waals surface area contributed by atoms with Crippen molar-refractivity contribution in [2.75, 3.05) is 32.8 Å². The van der Waals surface area contributed by atoms with Gasteiger partial charge >= 0.3 is 0 Å². The Bertz CT molecular complexity index is 476. The Kier molecular flexibility index (Phi) is 6.96. The molecule has 5 nitrogen and oxygen atoms in total. The van der Waals surface area contributed by atoms with Crippen molar-refractivity contribution in [2.24, 2.45) is 0 Å². The van der Waals surface area contributed by atoms with Crippen LogP contribution in [0, 0.1) is 0 Å². The average molecular weight is 327 g/mol. The normalized spacial score (nSPS) is 16.5. The van der Waals surface area contributed by atoms with Gasteiger partial charge in [0.15, 0.2) is 6.61 Å².